The molecule has 0 unspecified atom stereocenters. The van der Waals surface area contributed by atoms with Crippen LogP contribution in [0.1, 0.15) is 36.2 Å². The van der Waals surface area contributed by atoms with Crippen LogP contribution in [0.3, 0.4) is 0 Å². The first-order valence-corrected chi connectivity index (χ1v) is 11.2. The average molecular weight is 454 g/mol. The fourth-order valence-corrected chi connectivity index (χ4v) is 4.40. The van der Waals surface area contributed by atoms with Gasteiger partial charge in [-0.2, -0.15) is 5.10 Å². The van der Waals surface area contributed by atoms with E-state index in [4.69, 9.17) is 0 Å². The summed E-state index contributed by atoms with van der Waals surface area (Å²) in [5, 5.41) is 8.28. The van der Waals surface area contributed by atoms with Crippen molar-refractivity contribution in [2.45, 2.75) is 46.2 Å². The molecule has 1 aliphatic rings. The number of halogens is 1. The zero-order valence-corrected chi connectivity index (χ0v) is 18.9. The number of benzene rings is 1. The van der Waals surface area contributed by atoms with Crippen molar-refractivity contribution in [2.75, 3.05) is 19.6 Å². The minimum Gasteiger partial charge on any atom is -0.354 e. The molecule has 0 atom stereocenters. The Morgan fingerprint density at radius 2 is 1.91 bits per heavy atom. The quantitative estimate of drug-likeness (QED) is 0.529. The van der Waals surface area contributed by atoms with Crippen molar-refractivity contribution in [1.29, 1.82) is 0 Å². The van der Waals surface area contributed by atoms with Crippen LogP contribution in [0.5, 0.6) is 0 Å². The van der Waals surface area contributed by atoms with Gasteiger partial charge in [-0.15, -0.1) is 0 Å². The summed E-state index contributed by atoms with van der Waals surface area (Å²) in [6.07, 6.45) is 3.79. The second-order valence-electron chi connectivity index (χ2n) is 8.47. The number of nitrogens with zero attached hydrogens (tertiary/aromatic N) is 4. The van der Waals surface area contributed by atoms with Crippen molar-refractivity contribution in [1.82, 2.24) is 24.6 Å². The number of carbonyl (C=O) groups is 2. The van der Waals surface area contributed by atoms with Gasteiger partial charge in [0.05, 0.1) is 11.6 Å². The fourth-order valence-electron chi connectivity index (χ4n) is 4.40. The smallest absolute Gasteiger partial charge is 0.276 e. The SMILES string of the molecule is Cc1c2cnn(CC(=O)NCCCN3CCCC3=O)c(=O)c2c(C)n1Cc1ccc(F)cc1. The van der Waals surface area contributed by atoms with E-state index in [1.54, 1.807) is 18.3 Å². The molecule has 0 aliphatic carbocycles. The molecule has 174 valence electrons. The first kappa shape index (κ1) is 22.7. The third-order valence-electron chi connectivity index (χ3n) is 6.25. The van der Waals surface area contributed by atoms with Gasteiger partial charge in [0.2, 0.25) is 11.8 Å². The Morgan fingerprint density at radius 1 is 1.15 bits per heavy atom. The summed E-state index contributed by atoms with van der Waals surface area (Å²) < 4.78 is 16.4. The Labute approximate surface area is 191 Å². The minimum atomic E-state index is -0.316. The number of rotatable bonds is 8. The van der Waals surface area contributed by atoms with Crippen LogP contribution in [0.4, 0.5) is 4.39 Å². The van der Waals surface area contributed by atoms with Gasteiger partial charge in [-0.25, -0.2) is 9.07 Å². The Kier molecular flexibility index (Phi) is 6.57. The summed E-state index contributed by atoms with van der Waals surface area (Å²) in [6, 6.07) is 6.28. The van der Waals surface area contributed by atoms with E-state index in [1.165, 1.54) is 16.8 Å². The molecule has 2 aromatic heterocycles. The maximum absolute atomic E-state index is 13.2. The minimum absolute atomic E-state index is 0.168. The largest absolute Gasteiger partial charge is 0.354 e. The molecule has 1 N–H and O–H groups in total. The average Bonchev–Trinajstić information content (AvgIpc) is 3.30. The summed E-state index contributed by atoms with van der Waals surface area (Å²) in [4.78, 5) is 38.9. The van der Waals surface area contributed by atoms with E-state index in [0.717, 1.165) is 35.3 Å². The predicted molar refractivity (Wildman–Crippen MR) is 122 cm³/mol. The van der Waals surface area contributed by atoms with E-state index < -0.39 is 0 Å². The third kappa shape index (κ3) is 4.81. The molecule has 0 spiro atoms. The lowest BCUT2D eigenvalue weighted by molar-refractivity contribution is -0.127. The second-order valence-corrected chi connectivity index (χ2v) is 8.47. The van der Waals surface area contributed by atoms with Crippen LogP contribution >= 0.6 is 0 Å². The standard InChI is InChI=1S/C24H28FN5O3/c1-16-20-13-27-30(15-21(31)26-10-4-12-28-11-3-5-22(28)32)24(33)23(20)17(2)29(16)14-18-6-8-19(25)9-7-18/h6-9,13H,3-5,10-12,14-15H2,1-2H3,(H,26,31). The Morgan fingerprint density at radius 3 is 2.61 bits per heavy atom. The Bertz CT molecular complexity index is 1250. The van der Waals surface area contributed by atoms with Gasteiger partial charge >= 0.3 is 0 Å². The molecule has 0 radical (unpaired) electrons. The number of likely N-dealkylation sites (tertiary alicyclic amines) is 1. The van der Waals surface area contributed by atoms with E-state index in [0.29, 0.717) is 37.9 Å². The molecular weight excluding hydrogens is 425 g/mol. The predicted octanol–water partition coefficient (Wildman–Crippen LogP) is 2.13. The molecular formula is C24H28FN5O3. The maximum atomic E-state index is 13.2. The number of aryl methyl sites for hydroxylation is 2. The topological polar surface area (TPSA) is 89.2 Å². The lowest BCUT2D eigenvalue weighted by Crippen LogP contribution is -2.35. The number of nitrogens with one attached hydrogen (secondary N) is 1. The summed E-state index contributed by atoms with van der Waals surface area (Å²) >= 11 is 0. The fraction of sp³-hybridized carbons (Fsp3) is 0.417. The first-order valence-electron chi connectivity index (χ1n) is 11.2. The Hall–Kier alpha value is -3.49. The van der Waals surface area contributed by atoms with Gasteiger partial charge in [0.15, 0.2) is 0 Å². The number of hydrogen-bond donors (Lipinski definition) is 1. The van der Waals surface area contributed by atoms with E-state index >= 15 is 0 Å². The van der Waals surface area contributed by atoms with Gasteiger partial charge in [0.25, 0.3) is 5.56 Å². The summed E-state index contributed by atoms with van der Waals surface area (Å²) in [5.74, 6) is -0.418. The molecule has 1 fully saturated rings. The highest BCUT2D eigenvalue weighted by atomic mass is 19.1. The van der Waals surface area contributed by atoms with Crippen LogP contribution in [-0.4, -0.2) is 50.7 Å². The van der Waals surface area contributed by atoms with E-state index in [2.05, 4.69) is 10.4 Å². The molecule has 0 bridgehead atoms. The van der Waals surface area contributed by atoms with Crippen molar-refractivity contribution in [3.8, 4) is 0 Å². The van der Waals surface area contributed by atoms with Crippen LogP contribution < -0.4 is 10.9 Å². The van der Waals surface area contributed by atoms with E-state index in [-0.39, 0.29) is 29.7 Å². The highest BCUT2D eigenvalue weighted by molar-refractivity contribution is 5.87. The van der Waals surface area contributed by atoms with Crippen molar-refractivity contribution in [2.24, 2.45) is 0 Å². The van der Waals surface area contributed by atoms with Gasteiger partial charge < -0.3 is 14.8 Å². The number of fused-ring (bicyclic) bond motifs is 1. The Balaban J connectivity index is 1.44. The van der Waals surface area contributed by atoms with Crippen LogP contribution in [0.2, 0.25) is 0 Å². The molecule has 1 aromatic carbocycles. The number of amides is 2. The van der Waals surface area contributed by atoms with Crippen molar-refractivity contribution < 1.29 is 14.0 Å². The number of carbonyl (C=O) groups excluding carboxylic acids is 2. The van der Waals surface area contributed by atoms with Crippen molar-refractivity contribution in [3.63, 3.8) is 0 Å². The van der Waals surface area contributed by atoms with Crippen molar-refractivity contribution in [3.05, 3.63) is 63.6 Å². The highest BCUT2D eigenvalue weighted by Crippen LogP contribution is 2.23. The molecule has 33 heavy (non-hydrogen) atoms. The monoisotopic (exact) mass is 453 g/mol. The van der Waals surface area contributed by atoms with Crippen molar-refractivity contribution >= 4 is 22.6 Å². The van der Waals surface area contributed by atoms with E-state index in [9.17, 15) is 18.8 Å². The molecule has 1 saturated heterocycles. The lowest BCUT2D eigenvalue weighted by atomic mass is 10.2. The van der Waals surface area contributed by atoms with Crippen LogP contribution in [0, 0.1) is 19.7 Å². The first-order chi connectivity index (χ1) is 15.8. The summed E-state index contributed by atoms with van der Waals surface area (Å²) in [7, 11) is 0. The zero-order valence-electron chi connectivity index (χ0n) is 18.9. The molecule has 3 aromatic rings. The van der Waals surface area contributed by atoms with Crippen LogP contribution in [0.15, 0.2) is 35.3 Å². The molecule has 1 aliphatic heterocycles. The van der Waals surface area contributed by atoms with Crippen LogP contribution in [0.25, 0.3) is 10.8 Å². The van der Waals surface area contributed by atoms with Gasteiger partial charge in [-0.3, -0.25) is 14.4 Å². The number of aromatic nitrogens is 3. The third-order valence-corrected chi connectivity index (χ3v) is 6.25. The normalized spacial score (nSPS) is 13.8. The lowest BCUT2D eigenvalue weighted by Gasteiger charge is -2.15. The van der Waals surface area contributed by atoms with E-state index in [1.807, 2.05) is 23.3 Å². The van der Waals surface area contributed by atoms with Gasteiger partial charge in [0, 0.05) is 49.4 Å². The van der Waals surface area contributed by atoms with Gasteiger partial charge in [-0.1, -0.05) is 12.1 Å². The van der Waals surface area contributed by atoms with Gasteiger partial charge in [-0.05, 0) is 44.4 Å². The highest BCUT2D eigenvalue weighted by Gasteiger charge is 2.20. The second kappa shape index (κ2) is 9.56. The molecule has 0 saturated carbocycles. The van der Waals surface area contributed by atoms with Crippen LogP contribution in [-0.2, 0) is 22.7 Å². The maximum Gasteiger partial charge on any atom is 0.276 e. The zero-order chi connectivity index (χ0) is 23.5. The summed E-state index contributed by atoms with van der Waals surface area (Å²) in [6.45, 7) is 5.97. The molecule has 2 amide bonds. The molecule has 8 nitrogen and oxygen atoms in total. The molecule has 9 heteroatoms. The summed E-state index contributed by atoms with van der Waals surface area (Å²) in [5.41, 5.74) is 2.28. The molecule has 3 heterocycles. The molecule has 4 rings (SSSR count). The number of hydrogen-bond acceptors (Lipinski definition) is 4. The van der Waals surface area contributed by atoms with Gasteiger partial charge in [0.1, 0.15) is 12.4 Å².